The normalized spacial score (nSPS) is 11.7. The second-order valence-corrected chi connectivity index (χ2v) is 9.37. The van der Waals surface area contributed by atoms with Gasteiger partial charge in [-0.2, -0.15) is 0 Å². The summed E-state index contributed by atoms with van der Waals surface area (Å²) in [5.41, 5.74) is 2.19. The van der Waals surface area contributed by atoms with Crippen molar-refractivity contribution in [1.29, 1.82) is 0 Å². The van der Waals surface area contributed by atoms with E-state index in [1.807, 2.05) is 97.1 Å². The maximum atomic E-state index is 14.5. The van der Waals surface area contributed by atoms with Crippen molar-refractivity contribution in [2.24, 2.45) is 0 Å². The van der Waals surface area contributed by atoms with Crippen LogP contribution in [-0.4, -0.2) is 9.97 Å². The lowest BCUT2D eigenvalue weighted by Gasteiger charge is -2.19. The summed E-state index contributed by atoms with van der Waals surface area (Å²) in [5, 5.41) is 3.57. The van der Waals surface area contributed by atoms with Gasteiger partial charge in [-0.1, -0.05) is 84.9 Å². The van der Waals surface area contributed by atoms with Crippen molar-refractivity contribution in [3.05, 3.63) is 103 Å². The third kappa shape index (κ3) is 2.64. The molecular formula is C24H17N2OP. The van der Waals surface area contributed by atoms with Crippen molar-refractivity contribution in [1.82, 2.24) is 9.97 Å². The highest BCUT2D eigenvalue weighted by Gasteiger charge is 2.31. The van der Waals surface area contributed by atoms with Crippen LogP contribution in [0.5, 0.6) is 0 Å². The lowest BCUT2D eigenvalue weighted by Crippen LogP contribution is -2.27. The number of pyridine rings is 2. The molecule has 28 heavy (non-hydrogen) atoms. The molecule has 4 heteroatoms. The molecule has 0 saturated carbocycles. The van der Waals surface area contributed by atoms with Crippen molar-refractivity contribution in [2.75, 3.05) is 0 Å². The highest BCUT2D eigenvalue weighted by molar-refractivity contribution is 7.85. The van der Waals surface area contributed by atoms with Crippen LogP contribution in [0, 0.1) is 0 Å². The minimum atomic E-state index is -3.10. The van der Waals surface area contributed by atoms with E-state index < -0.39 is 7.14 Å². The highest BCUT2D eigenvalue weighted by Crippen LogP contribution is 2.42. The van der Waals surface area contributed by atoms with E-state index in [0.29, 0.717) is 5.44 Å². The van der Waals surface area contributed by atoms with Crippen LogP contribution in [0.2, 0.25) is 0 Å². The van der Waals surface area contributed by atoms with E-state index in [9.17, 15) is 4.57 Å². The number of fused-ring (bicyclic) bond motifs is 3. The van der Waals surface area contributed by atoms with Crippen molar-refractivity contribution in [3.8, 4) is 0 Å². The molecule has 0 spiro atoms. The highest BCUT2D eigenvalue weighted by atomic mass is 31.2. The number of nitrogens with zero attached hydrogens (tertiary/aromatic N) is 2. The van der Waals surface area contributed by atoms with E-state index in [1.165, 1.54) is 0 Å². The third-order valence-corrected chi connectivity index (χ3v) is 7.92. The van der Waals surface area contributed by atoms with E-state index >= 15 is 0 Å². The Morgan fingerprint density at radius 3 is 1.79 bits per heavy atom. The van der Waals surface area contributed by atoms with Crippen LogP contribution in [0.15, 0.2) is 103 Å². The topological polar surface area (TPSA) is 42.9 Å². The van der Waals surface area contributed by atoms with E-state index in [4.69, 9.17) is 4.98 Å². The van der Waals surface area contributed by atoms with Gasteiger partial charge in [-0.15, -0.1) is 0 Å². The molecule has 0 saturated heterocycles. The number of hydrogen-bond acceptors (Lipinski definition) is 3. The van der Waals surface area contributed by atoms with E-state index in [-0.39, 0.29) is 0 Å². The Kier molecular flexibility index (Phi) is 4.03. The maximum absolute atomic E-state index is 14.5. The molecule has 134 valence electrons. The molecule has 0 bridgehead atoms. The Balaban J connectivity index is 1.84. The standard InChI is InChI=1S/C24H17N2OP/c27-28(20-9-3-1-4-10-20,21-11-5-2-6-12-21)22-16-15-19-14-13-18-8-7-17-25-23(18)24(19)26-22/h1-17H. The lowest BCUT2D eigenvalue weighted by atomic mass is 10.1. The van der Waals surface area contributed by atoms with E-state index in [0.717, 1.165) is 32.4 Å². The first-order valence-electron chi connectivity index (χ1n) is 9.13. The molecule has 0 fully saturated rings. The molecule has 0 unspecified atom stereocenters. The van der Waals surface area contributed by atoms with Gasteiger partial charge in [-0.25, -0.2) is 4.98 Å². The first-order valence-corrected chi connectivity index (χ1v) is 10.8. The number of hydrogen-bond donors (Lipinski definition) is 0. The van der Waals surface area contributed by atoms with Gasteiger partial charge in [-0.3, -0.25) is 4.98 Å². The molecule has 2 heterocycles. The summed E-state index contributed by atoms with van der Waals surface area (Å²) in [6.07, 6.45) is 1.77. The zero-order valence-corrected chi connectivity index (χ0v) is 16.0. The Labute approximate surface area is 163 Å². The van der Waals surface area contributed by atoms with Gasteiger partial charge in [0.15, 0.2) is 7.14 Å². The Bertz CT molecular complexity index is 1290. The molecule has 0 N–H and O–H groups in total. The molecule has 0 aliphatic rings. The Morgan fingerprint density at radius 2 is 1.14 bits per heavy atom. The second-order valence-electron chi connectivity index (χ2n) is 6.66. The van der Waals surface area contributed by atoms with Gasteiger partial charge in [0.2, 0.25) is 0 Å². The summed E-state index contributed by atoms with van der Waals surface area (Å²) in [7, 11) is -3.10. The van der Waals surface area contributed by atoms with Gasteiger partial charge in [-0.05, 0) is 12.1 Å². The molecule has 2 aromatic heterocycles. The van der Waals surface area contributed by atoms with Crippen molar-refractivity contribution >= 4 is 45.0 Å². The largest absolute Gasteiger partial charge is 0.307 e. The van der Waals surface area contributed by atoms with Crippen LogP contribution in [0.25, 0.3) is 21.8 Å². The average Bonchev–Trinajstić information content (AvgIpc) is 2.79. The van der Waals surface area contributed by atoms with Crippen LogP contribution in [0.4, 0.5) is 0 Å². The fourth-order valence-electron chi connectivity index (χ4n) is 3.58. The molecule has 3 aromatic carbocycles. The predicted molar refractivity (Wildman–Crippen MR) is 116 cm³/mol. The first-order chi connectivity index (χ1) is 13.8. The van der Waals surface area contributed by atoms with Gasteiger partial charge >= 0.3 is 0 Å². The van der Waals surface area contributed by atoms with Crippen LogP contribution in [0.1, 0.15) is 0 Å². The lowest BCUT2D eigenvalue weighted by molar-refractivity contribution is 0.592. The van der Waals surface area contributed by atoms with Gasteiger partial charge in [0.05, 0.1) is 11.0 Å². The predicted octanol–water partition coefficient (Wildman–Crippen LogP) is 4.42. The summed E-state index contributed by atoms with van der Waals surface area (Å²) in [6.45, 7) is 0. The molecule has 0 aliphatic heterocycles. The smallest absolute Gasteiger partial charge is 0.188 e. The SMILES string of the molecule is O=P(c1ccccc1)(c1ccccc1)c1ccc2ccc3cccnc3c2n1. The zero-order valence-electron chi connectivity index (χ0n) is 15.1. The third-order valence-electron chi connectivity index (χ3n) is 4.98. The fraction of sp³-hybridized carbons (Fsp3) is 0. The summed E-state index contributed by atoms with van der Waals surface area (Å²) < 4.78 is 14.5. The summed E-state index contributed by atoms with van der Waals surface area (Å²) >= 11 is 0. The maximum Gasteiger partial charge on any atom is 0.188 e. The molecule has 5 aromatic rings. The quantitative estimate of drug-likeness (QED) is 0.344. The number of rotatable bonds is 3. The van der Waals surface area contributed by atoms with Crippen molar-refractivity contribution < 1.29 is 4.57 Å². The summed E-state index contributed by atoms with van der Waals surface area (Å²) in [5.74, 6) is 0. The van der Waals surface area contributed by atoms with Crippen LogP contribution in [-0.2, 0) is 4.57 Å². The molecule has 0 aliphatic carbocycles. The monoisotopic (exact) mass is 380 g/mol. The average molecular weight is 380 g/mol. The first kappa shape index (κ1) is 16.9. The molecule has 5 rings (SSSR count). The van der Waals surface area contributed by atoms with Crippen molar-refractivity contribution in [2.45, 2.75) is 0 Å². The minimum absolute atomic E-state index is 0.579. The molecule has 0 amide bonds. The molecular weight excluding hydrogens is 363 g/mol. The van der Waals surface area contributed by atoms with Crippen LogP contribution >= 0.6 is 7.14 Å². The summed E-state index contributed by atoms with van der Waals surface area (Å²) in [4.78, 5) is 9.43. The molecule has 3 nitrogen and oxygen atoms in total. The summed E-state index contributed by atoms with van der Waals surface area (Å²) in [6, 6.07) is 31.1. The number of aromatic nitrogens is 2. The van der Waals surface area contributed by atoms with E-state index in [1.54, 1.807) is 6.20 Å². The van der Waals surface area contributed by atoms with Crippen LogP contribution in [0.3, 0.4) is 0 Å². The number of benzene rings is 3. The molecule has 0 radical (unpaired) electrons. The second kappa shape index (κ2) is 6.70. The van der Waals surface area contributed by atoms with Gasteiger partial charge < -0.3 is 4.57 Å². The zero-order chi connectivity index (χ0) is 19.0. The Morgan fingerprint density at radius 1 is 0.571 bits per heavy atom. The van der Waals surface area contributed by atoms with Crippen LogP contribution < -0.4 is 16.0 Å². The van der Waals surface area contributed by atoms with Gasteiger partial charge in [0.25, 0.3) is 0 Å². The van der Waals surface area contributed by atoms with Crippen molar-refractivity contribution in [3.63, 3.8) is 0 Å². The van der Waals surface area contributed by atoms with Gasteiger partial charge in [0.1, 0.15) is 5.44 Å². The molecule has 0 atom stereocenters. The Hall–Kier alpha value is -3.29. The van der Waals surface area contributed by atoms with E-state index in [2.05, 4.69) is 4.98 Å². The van der Waals surface area contributed by atoms with Gasteiger partial charge in [0, 0.05) is 27.6 Å². The fourth-order valence-corrected chi connectivity index (χ4v) is 6.11. The minimum Gasteiger partial charge on any atom is -0.307 e.